The number of nitrogens with one attached hydrogen (secondary N) is 1. The van der Waals surface area contributed by atoms with Crippen molar-refractivity contribution >= 4 is 12.0 Å². The van der Waals surface area contributed by atoms with E-state index in [0.717, 1.165) is 11.1 Å². The molecule has 3 aromatic rings. The molecule has 0 bridgehead atoms. The van der Waals surface area contributed by atoms with Crippen molar-refractivity contribution in [1.82, 2.24) is 25.0 Å². The SMILES string of the molecule is Cc1cc(/C=C/C(=O)NC(c2nc(-c3ccncc3)no2)C(C)C)c(C)n1C1CCCCC1. The van der Waals surface area contributed by atoms with E-state index in [1.807, 2.05) is 32.1 Å². The molecule has 0 aliphatic heterocycles. The maximum atomic E-state index is 12.8. The van der Waals surface area contributed by atoms with Gasteiger partial charge in [-0.1, -0.05) is 38.3 Å². The summed E-state index contributed by atoms with van der Waals surface area (Å²) in [7, 11) is 0. The van der Waals surface area contributed by atoms with Gasteiger partial charge >= 0.3 is 0 Å². The van der Waals surface area contributed by atoms with Gasteiger partial charge in [-0.15, -0.1) is 0 Å². The molecule has 1 fully saturated rings. The Morgan fingerprint density at radius 2 is 1.91 bits per heavy atom. The maximum absolute atomic E-state index is 12.8. The van der Waals surface area contributed by atoms with Crippen molar-refractivity contribution in [3.8, 4) is 11.4 Å². The van der Waals surface area contributed by atoms with E-state index in [1.165, 1.54) is 43.5 Å². The van der Waals surface area contributed by atoms with Crippen LogP contribution in [-0.2, 0) is 4.79 Å². The minimum absolute atomic E-state index is 0.0875. The first kappa shape index (κ1) is 23.0. The summed E-state index contributed by atoms with van der Waals surface area (Å²) in [6.45, 7) is 8.34. The monoisotopic (exact) mass is 447 g/mol. The Morgan fingerprint density at radius 1 is 1.18 bits per heavy atom. The number of aryl methyl sites for hydroxylation is 1. The largest absolute Gasteiger partial charge is 0.346 e. The van der Waals surface area contributed by atoms with Crippen LogP contribution in [0.2, 0.25) is 0 Å². The van der Waals surface area contributed by atoms with Crippen molar-refractivity contribution in [2.75, 3.05) is 0 Å². The van der Waals surface area contributed by atoms with Crippen LogP contribution in [0.4, 0.5) is 0 Å². The van der Waals surface area contributed by atoms with E-state index in [1.54, 1.807) is 18.5 Å². The molecule has 1 atom stereocenters. The van der Waals surface area contributed by atoms with Crippen LogP contribution in [0.25, 0.3) is 17.5 Å². The third-order valence-corrected chi connectivity index (χ3v) is 6.49. The molecular weight excluding hydrogens is 414 g/mol. The number of carbonyl (C=O) groups excluding carboxylic acids is 1. The lowest BCUT2D eigenvalue weighted by Crippen LogP contribution is -2.30. The summed E-state index contributed by atoms with van der Waals surface area (Å²) >= 11 is 0. The standard InChI is InChI=1S/C26H33N5O2/c1-17(2)24(26-29-25(30-33-26)20-12-14-27-15-13-20)28-23(32)11-10-21-16-18(3)31(19(21)4)22-8-6-5-7-9-22/h10-17,22,24H,5-9H2,1-4H3,(H,28,32)/b11-10+. The zero-order valence-electron chi connectivity index (χ0n) is 19.9. The molecule has 174 valence electrons. The van der Waals surface area contributed by atoms with Gasteiger partial charge in [0.1, 0.15) is 6.04 Å². The van der Waals surface area contributed by atoms with E-state index in [9.17, 15) is 4.79 Å². The molecule has 1 N–H and O–H groups in total. The second-order valence-corrected chi connectivity index (χ2v) is 9.24. The predicted molar refractivity (Wildman–Crippen MR) is 128 cm³/mol. The molecule has 3 aromatic heterocycles. The molecule has 1 saturated carbocycles. The van der Waals surface area contributed by atoms with E-state index in [0.29, 0.717) is 17.8 Å². The molecular formula is C26H33N5O2. The van der Waals surface area contributed by atoms with Crippen LogP contribution in [-0.4, -0.2) is 25.6 Å². The summed E-state index contributed by atoms with van der Waals surface area (Å²) in [5.41, 5.74) is 4.39. The average molecular weight is 448 g/mol. The first-order valence-corrected chi connectivity index (χ1v) is 11.8. The van der Waals surface area contributed by atoms with Crippen LogP contribution in [0.15, 0.2) is 41.2 Å². The molecule has 33 heavy (non-hydrogen) atoms. The molecule has 0 saturated heterocycles. The Labute approximate surface area is 195 Å². The van der Waals surface area contributed by atoms with Gasteiger partial charge in [0.2, 0.25) is 17.6 Å². The van der Waals surface area contributed by atoms with Gasteiger partial charge in [-0.05, 0) is 62.4 Å². The number of rotatable bonds is 7. The molecule has 0 radical (unpaired) electrons. The predicted octanol–water partition coefficient (Wildman–Crippen LogP) is 5.58. The molecule has 0 aromatic carbocycles. The van der Waals surface area contributed by atoms with Gasteiger partial charge in [-0.3, -0.25) is 9.78 Å². The molecule has 1 aliphatic carbocycles. The van der Waals surface area contributed by atoms with Crippen LogP contribution in [0.1, 0.15) is 80.9 Å². The number of aromatic nitrogens is 4. The van der Waals surface area contributed by atoms with Crippen LogP contribution in [0.5, 0.6) is 0 Å². The minimum atomic E-state index is -0.375. The summed E-state index contributed by atoms with van der Waals surface area (Å²) in [5, 5.41) is 7.10. The Hall–Kier alpha value is -3.22. The van der Waals surface area contributed by atoms with Crippen molar-refractivity contribution in [3.63, 3.8) is 0 Å². The summed E-state index contributed by atoms with van der Waals surface area (Å²) in [6.07, 6.45) is 13.3. The van der Waals surface area contributed by atoms with Crippen molar-refractivity contribution < 1.29 is 9.32 Å². The van der Waals surface area contributed by atoms with Crippen molar-refractivity contribution in [1.29, 1.82) is 0 Å². The quantitative estimate of drug-likeness (QED) is 0.478. The van der Waals surface area contributed by atoms with Crippen LogP contribution in [0, 0.1) is 19.8 Å². The molecule has 7 heteroatoms. The van der Waals surface area contributed by atoms with E-state index < -0.39 is 0 Å². The summed E-state index contributed by atoms with van der Waals surface area (Å²) < 4.78 is 7.94. The van der Waals surface area contributed by atoms with Crippen LogP contribution in [0.3, 0.4) is 0 Å². The molecule has 0 spiro atoms. The minimum Gasteiger partial charge on any atom is -0.346 e. The van der Waals surface area contributed by atoms with Gasteiger partial charge in [-0.2, -0.15) is 4.98 Å². The topological polar surface area (TPSA) is 85.8 Å². The van der Waals surface area contributed by atoms with Crippen LogP contribution >= 0.6 is 0 Å². The molecule has 1 aliphatic rings. The van der Waals surface area contributed by atoms with Gasteiger partial charge in [0, 0.05) is 41.5 Å². The van der Waals surface area contributed by atoms with Crippen molar-refractivity contribution in [2.45, 2.75) is 71.9 Å². The number of hydrogen-bond donors (Lipinski definition) is 1. The Bertz CT molecular complexity index is 1110. The van der Waals surface area contributed by atoms with Crippen LogP contribution < -0.4 is 5.32 Å². The Balaban J connectivity index is 1.46. The third kappa shape index (κ3) is 5.24. The van der Waals surface area contributed by atoms with E-state index in [4.69, 9.17) is 4.52 Å². The smallest absolute Gasteiger partial charge is 0.249 e. The van der Waals surface area contributed by atoms with Gasteiger partial charge in [-0.25, -0.2) is 0 Å². The fraction of sp³-hybridized carbons (Fsp3) is 0.462. The van der Waals surface area contributed by atoms with Gasteiger partial charge < -0.3 is 14.4 Å². The zero-order valence-corrected chi connectivity index (χ0v) is 19.9. The van der Waals surface area contributed by atoms with Gasteiger partial charge in [0.05, 0.1) is 0 Å². The summed E-state index contributed by atoms with van der Waals surface area (Å²) in [5.74, 6) is 0.788. The highest BCUT2D eigenvalue weighted by Gasteiger charge is 2.24. The lowest BCUT2D eigenvalue weighted by atomic mass is 9.95. The first-order chi connectivity index (χ1) is 15.9. The number of pyridine rings is 1. The number of carbonyl (C=O) groups is 1. The van der Waals surface area contributed by atoms with Gasteiger partial charge in [0.25, 0.3) is 0 Å². The van der Waals surface area contributed by atoms with Gasteiger partial charge in [0.15, 0.2) is 0 Å². The Morgan fingerprint density at radius 3 is 2.61 bits per heavy atom. The lowest BCUT2D eigenvalue weighted by Gasteiger charge is -2.26. The second kappa shape index (κ2) is 10.1. The normalized spacial score (nSPS) is 15.9. The highest BCUT2D eigenvalue weighted by Crippen LogP contribution is 2.32. The average Bonchev–Trinajstić information content (AvgIpc) is 3.41. The van der Waals surface area contributed by atoms with E-state index >= 15 is 0 Å². The molecule has 1 amide bonds. The third-order valence-electron chi connectivity index (χ3n) is 6.49. The zero-order chi connectivity index (χ0) is 23.4. The first-order valence-electron chi connectivity index (χ1n) is 11.8. The molecule has 3 heterocycles. The fourth-order valence-electron chi connectivity index (χ4n) is 4.73. The second-order valence-electron chi connectivity index (χ2n) is 9.24. The van der Waals surface area contributed by atoms with E-state index in [2.05, 4.69) is 44.9 Å². The molecule has 7 nitrogen and oxygen atoms in total. The number of hydrogen-bond acceptors (Lipinski definition) is 5. The fourth-order valence-corrected chi connectivity index (χ4v) is 4.73. The summed E-state index contributed by atoms with van der Waals surface area (Å²) in [4.78, 5) is 21.3. The number of amides is 1. The Kier molecular flexibility index (Phi) is 7.06. The van der Waals surface area contributed by atoms with Crippen molar-refractivity contribution in [2.24, 2.45) is 5.92 Å². The molecule has 1 unspecified atom stereocenters. The number of nitrogens with zero attached hydrogens (tertiary/aromatic N) is 4. The van der Waals surface area contributed by atoms with Crippen molar-refractivity contribution in [3.05, 3.63) is 59.5 Å². The molecule has 4 rings (SSSR count). The highest BCUT2D eigenvalue weighted by atomic mass is 16.5. The maximum Gasteiger partial charge on any atom is 0.249 e. The summed E-state index contributed by atoms with van der Waals surface area (Å²) in [6, 6.07) is 6.02. The van der Waals surface area contributed by atoms with E-state index in [-0.39, 0.29) is 17.9 Å². The lowest BCUT2D eigenvalue weighted by molar-refractivity contribution is -0.117. The highest BCUT2D eigenvalue weighted by molar-refractivity contribution is 5.92.